The van der Waals surface area contributed by atoms with Gasteiger partial charge in [0.1, 0.15) is 6.04 Å². The van der Waals surface area contributed by atoms with Crippen LogP contribution in [0.15, 0.2) is 30.3 Å². The molecular weight excluding hydrogens is 254 g/mol. The highest BCUT2D eigenvalue weighted by Gasteiger charge is 2.26. The third-order valence-electron chi connectivity index (χ3n) is 3.89. The first-order chi connectivity index (χ1) is 9.29. The summed E-state index contributed by atoms with van der Waals surface area (Å²) in [7, 11) is 0. The Morgan fingerprint density at radius 2 is 2.11 bits per heavy atom. The standard InChI is InChI=1S/C15H23N3S/c1-2-18-10-6-9-14(18)12-17-15(19)16-11-13-7-4-3-5-8-13/h3-5,7-8,14H,2,6,9-12H2,1H3,(H2,16,17,19)/p+1/t14-/m0/s1. The number of hydrogen-bond acceptors (Lipinski definition) is 1. The van der Waals surface area contributed by atoms with E-state index in [1.165, 1.54) is 31.5 Å². The lowest BCUT2D eigenvalue weighted by Crippen LogP contribution is -3.14. The largest absolute Gasteiger partial charge is 0.359 e. The molecule has 0 amide bonds. The van der Waals surface area contributed by atoms with E-state index in [1.54, 1.807) is 4.90 Å². The van der Waals surface area contributed by atoms with Crippen molar-refractivity contribution in [2.24, 2.45) is 0 Å². The molecule has 0 aliphatic carbocycles. The van der Waals surface area contributed by atoms with Crippen molar-refractivity contribution in [3.05, 3.63) is 35.9 Å². The van der Waals surface area contributed by atoms with Gasteiger partial charge in [0.05, 0.1) is 19.6 Å². The highest BCUT2D eigenvalue weighted by Crippen LogP contribution is 1.99. The normalized spacial score (nSPS) is 22.2. The fraction of sp³-hybridized carbons (Fsp3) is 0.533. The van der Waals surface area contributed by atoms with Gasteiger partial charge >= 0.3 is 0 Å². The third-order valence-corrected chi connectivity index (χ3v) is 4.18. The summed E-state index contributed by atoms with van der Waals surface area (Å²) in [6.45, 7) is 6.58. The predicted octanol–water partition coefficient (Wildman–Crippen LogP) is 0.718. The Kier molecular flexibility index (Phi) is 5.61. The predicted molar refractivity (Wildman–Crippen MR) is 83.3 cm³/mol. The molecule has 1 heterocycles. The number of likely N-dealkylation sites (N-methyl/N-ethyl adjacent to an activating group) is 1. The second-order valence-electron chi connectivity index (χ2n) is 5.15. The van der Waals surface area contributed by atoms with Crippen molar-refractivity contribution in [1.82, 2.24) is 10.6 Å². The fourth-order valence-corrected chi connectivity index (χ4v) is 2.91. The van der Waals surface area contributed by atoms with Crippen LogP contribution in [-0.4, -0.2) is 30.8 Å². The van der Waals surface area contributed by atoms with Gasteiger partial charge in [-0.15, -0.1) is 0 Å². The maximum atomic E-state index is 5.33. The molecule has 1 aromatic rings. The summed E-state index contributed by atoms with van der Waals surface area (Å²) in [5.41, 5.74) is 1.26. The van der Waals surface area contributed by atoms with Gasteiger partial charge in [-0.25, -0.2) is 0 Å². The van der Waals surface area contributed by atoms with Gasteiger partial charge in [-0.05, 0) is 24.7 Å². The Morgan fingerprint density at radius 3 is 2.84 bits per heavy atom. The molecule has 104 valence electrons. The topological polar surface area (TPSA) is 28.5 Å². The van der Waals surface area contributed by atoms with Crippen LogP contribution in [-0.2, 0) is 6.54 Å². The third kappa shape index (κ3) is 4.48. The Morgan fingerprint density at radius 1 is 1.32 bits per heavy atom. The molecule has 0 bridgehead atoms. The van der Waals surface area contributed by atoms with Crippen LogP contribution >= 0.6 is 12.2 Å². The van der Waals surface area contributed by atoms with Gasteiger partial charge in [-0.3, -0.25) is 0 Å². The molecule has 1 aliphatic heterocycles. The van der Waals surface area contributed by atoms with Crippen molar-refractivity contribution >= 4 is 17.3 Å². The van der Waals surface area contributed by atoms with Crippen LogP contribution in [0.3, 0.4) is 0 Å². The van der Waals surface area contributed by atoms with E-state index in [4.69, 9.17) is 12.2 Å². The smallest absolute Gasteiger partial charge is 0.166 e. The molecule has 19 heavy (non-hydrogen) atoms. The zero-order valence-corrected chi connectivity index (χ0v) is 12.4. The van der Waals surface area contributed by atoms with Crippen LogP contribution in [0.1, 0.15) is 25.3 Å². The molecule has 0 radical (unpaired) electrons. The lowest BCUT2D eigenvalue weighted by molar-refractivity contribution is -0.909. The van der Waals surface area contributed by atoms with Gasteiger partial charge in [-0.1, -0.05) is 30.3 Å². The second kappa shape index (κ2) is 7.46. The lowest BCUT2D eigenvalue weighted by atomic mass is 10.2. The summed E-state index contributed by atoms with van der Waals surface area (Å²) >= 11 is 5.33. The van der Waals surface area contributed by atoms with Crippen molar-refractivity contribution in [2.75, 3.05) is 19.6 Å². The zero-order chi connectivity index (χ0) is 13.5. The molecule has 1 fully saturated rings. The summed E-state index contributed by atoms with van der Waals surface area (Å²) < 4.78 is 0. The molecule has 0 aromatic heterocycles. The van der Waals surface area contributed by atoms with Gasteiger partial charge < -0.3 is 15.5 Å². The maximum Gasteiger partial charge on any atom is 0.166 e. The molecule has 3 N–H and O–H groups in total. The number of rotatable bonds is 5. The van der Waals surface area contributed by atoms with Crippen LogP contribution in [0.25, 0.3) is 0 Å². The van der Waals surface area contributed by atoms with Crippen molar-refractivity contribution < 1.29 is 4.90 Å². The number of nitrogens with one attached hydrogen (secondary N) is 3. The van der Waals surface area contributed by atoms with E-state index < -0.39 is 0 Å². The van der Waals surface area contributed by atoms with E-state index in [-0.39, 0.29) is 0 Å². The Bertz CT molecular complexity index is 394. The van der Waals surface area contributed by atoms with E-state index in [0.29, 0.717) is 0 Å². The number of hydrogen-bond donors (Lipinski definition) is 3. The van der Waals surface area contributed by atoms with Crippen molar-refractivity contribution in [3.8, 4) is 0 Å². The summed E-state index contributed by atoms with van der Waals surface area (Å²) in [5.74, 6) is 0. The van der Waals surface area contributed by atoms with E-state index in [0.717, 1.165) is 24.2 Å². The van der Waals surface area contributed by atoms with E-state index >= 15 is 0 Å². The molecule has 1 aliphatic rings. The first-order valence-electron chi connectivity index (χ1n) is 7.19. The first kappa shape index (κ1) is 14.3. The average molecular weight is 278 g/mol. The van der Waals surface area contributed by atoms with E-state index in [2.05, 4.69) is 41.8 Å². The minimum Gasteiger partial charge on any atom is -0.359 e. The highest BCUT2D eigenvalue weighted by molar-refractivity contribution is 7.80. The zero-order valence-electron chi connectivity index (χ0n) is 11.6. The summed E-state index contributed by atoms with van der Waals surface area (Å²) in [6.07, 6.45) is 2.66. The number of thiocarbonyl (C=S) groups is 1. The molecule has 0 saturated carbocycles. The molecule has 3 nitrogen and oxygen atoms in total. The molecule has 1 unspecified atom stereocenters. The minimum atomic E-state index is 0.724. The van der Waals surface area contributed by atoms with Gasteiger partial charge in [0.2, 0.25) is 0 Å². The summed E-state index contributed by atoms with van der Waals surface area (Å²) in [4.78, 5) is 1.71. The van der Waals surface area contributed by atoms with Crippen molar-refractivity contribution in [3.63, 3.8) is 0 Å². The van der Waals surface area contributed by atoms with Crippen LogP contribution < -0.4 is 15.5 Å². The number of benzene rings is 1. The summed E-state index contributed by atoms with van der Waals surface area (Å²) in [6, 6.07) is 11.1. The average Bonchev–Trinajstić information content (AvgIpc) is 2.91. The first-order valence-corrected chi connectivity index (χ1v) is 7.60. The molecule has 1 saturated heterocycles. The molecule has 1 aromatic carbocycles. The number of likely N-dealkylation sites (tertiary alicyclic amines) is 1. The maximum absolute atomic E-state index is 5.33. The molecule has 2 atom stereocenters. The lowest BCUT2D eigenvalue weighted by Gasteiger charge is -2.21. The van der Waals surface area contributed by atoms with Crippen molar-refractivity contribution in [2.45, 2.75) is 32.4 Å². The Labute approximate surface area is 121 Å². The minimum absolute atomic E-state index is 0.724. The number of quaternary nitrogens is 1. The molecule has 0 spiro atoms. The Hall–Kier alpha value is -1.13. The highest BCUT2D eigenvalue weighted by atomic mass is 32.1. The second-order valence-corrected chi connectivity index (χ2v) is 5.56. The van der Waals surface area contributed by atoms with Crippen LogP contribution in [0, 0.1) is 0 Å². The van der Waals surface area contributed by atoms with Gasteiger partial charge in [0, 0.05) is 19.4 Å². The monoisotopic (exact) mass is 278 g/mol. The van der Waals surface area contributed by atoms with Crippen LogP contribution in [0.4, 0.5) is 0 Å². The van der Waals surface area contributed by atoms with Gasteiger partial charge in [0.15, 0.2) is 5.11 Å². The summed E-state index contributed by atoms with van der Waals surface area (Å²) in [5, 5.41) is 7.40. The van der Waals surface area contributed by atoms with Crippen molar-refractivity contribution in [1.29, 1.82) is 0 Å². The van der Waals surface area contributed by atoms with Crippen LogP contribution in [0.2, 0.25) is 0 Å². The van der Waals surface area contributed by atoms with E-state index in [1.807, 2.05) is 6.07 Å². The van der Waals surface area contributed by atoms with Gasteiger partial charge in [0.25, 0.3) is 0 Å². The van der Waals surface area contributed by atoms with Gasteiger partial charge in [-0.2, -0.15) is 0 Å². The molecular formula is C15H24N3S+. The van der Waals surface area contributed by atoms with E-state index in [9.17, 15) is 0 Å². The Balaban J connectivity index is 1.67. The SMILES string of the molecule is CC[NH+]1CCC[C@H]1CNC(=S)NCc1ccccc1. The van der Waals surface area contributed by atoms with Crippen LogP contribution in [0.5, 0.6) is 0 Å². The fourth-order valence-electron chi connectivity index (χ4n) is 2.75. The molecule has 4 heteroatoms. The molecule has 2 rings (SSSR count). The quantitative estimate of drug-likeness (QED) is 0.693.